The molecule has 0 fully saturated rings. The summed E-state index contributed by atoms with van der Waals surface area (Å²) >= 11 is 0. The van der Waals surface area contributed by atoms with Gasteiger partial charge in [-0.2, -0.15) is 0 Å². The predicted molar refractivity (Wildman–Crippen MR) is 68.7 cm³/mol. The molecular formula is C15H20O. The van der Waals surface area contributed by atoms with E-state index >= 15 is 0 Å². The van der Waals surface area contributed by atoms with Gasteiger partial charge in [0.2, 0.25) is 0 Å². The molecule has 0 saturated carbocycles. The van der Waals surface area contributed by atoms with E-state index in [-0.39, 0.29) is 5.78 Å². The number of allylic oxidation sites excluding steroid dienone is 2. The molecule has 86 valence electrons. The number of hydrogen-bond acceptors (Lipinski definition) is 1. The number of rotatable bonds is 4. The minimum atomic E-state index is 0.249. The first-order valence-corrected chi connectivity index (χ1v) is 5.83. The lowest BCUT2D eigenvalue weighted by atomic mass is 9.97. The summed E-state index contributed by atoms with van der Waals surface area (Å²) in [7, 11) is 0. The second-order valence-electron chi connectivity index (χ2n) is 4.20. The van der Waals surface area contributed by atoms with E-state index in [2.05, 4.69) is 32.0 Å². The monoisotopic (exact) mass is 216 g/mol. The Labute approximate surface area is 98.2 Å². The fourth-order valence-corrected chi connectivity index (χ4v) is 1.84. The lowest BCUT2D eigenvalue weighted by molar-refractivity contribution is -0.115. The van der Waals surface area contributed by atoms with Crippen molar-refractivity contribution >= 4 is 5.78 Å². The van der Waals surface area contributed by atoms with Crippen molar-refractivity contribution in [2.75, 3.05) is 0 Å². The molecule has 0 aliphatic heterocycles. The van der Waals surface area contributed by atoms with Gasteiger partial charge < -0.3 is 0 Å². The zero-order chi connectivity index (χ0) is 12.1. The molecule has 1 rings (SSSR count). The SMILES string of the molecule is C/C=C(/CC)C(=O)Cc1cc(C)ccc1C. The maximum atomic E-state index is 12.0. The first-order valence-electron chi connectivity index (χ1n) is 5.83. The lowest BCUT2D eigenvalue weighted by Crippen LogP contribution is -2.07. The maximum Gasteiger partial charge on any atom is 0.162 e. The highest BCUT2D eigenvalue weighted by Gasteiger charge is 2.09. The zero-order valence-electron chi connectivity index (χ0n) is 10.6. The summed E-state index contributed by atoms with van der Waals surface area (Å²) in [4.78, 5) is 12.0. The maximum absolute atomic E-state index is 12.0. The van der Waals surface area contributed by atoms with Crippen LogP contribution in [0.3, 0.4) is 0 Å². The first-order chi connectivity index (χ1) is 7.58. The van der Waals surface area contributed by atoms with Gasteiger partial charge in [-0.25, -0.2) is 0 Å². The summed E-state index contributed by atoms with van der Waals surface area (Å²) < 4.78 is 0. The third-order valence-electron chi connectivity index (χ3n) is 2.94. The molecule has 0 saturated heterocycles. The Morgan fingerprint density at radius 1 is 1.31 bits per heavy atom. The largest absolute Gasteiger partial charge is 0.294 e. The van der Waals surface area contributed by atoms with Gasteiger partial charge in [0, 0.05) is 6.42 Å². The van der Waals surface area contributed by atoms with Crippen LogP contribution >= 0.6 is 0 Å². The minimum absolute atomic E-state index is 0.249. The highest BCUT2D eigenvalue weighted by atomic mass is 16.1. The van der Waals surface area contributed by atoms with Crippen molar-refractivity contribution in [2.45, 2.75) is 40.5 Å². The van der Waals surface area contributed by atoms with E-state index in [1.54, 1.807) is 0 Å². The average Bonchev–Trinajstić information content (AvgIpc) is 2.25. The van der Waals surface area contributed by atoms with Crippen molar-refractivity contribution in [3.63, 3.8) is 0 Å². The Bertz CT molecular complexity index is 413. The quantitative estimate of drug-likeness (QED) is 0.700. The van der Waals surface area contributed by atoms with Crippen LogP contribution in [0.15, 0.2) is 29.8 Å². The molecule has 0 spiro atoms. The Morgan fingerprint density at radius 2 is 2.00 bits per heavy atom. The van der Waals surface area contributed by atoms with Gasteiger partial charge >= 0.3 is 0 Å². The summed E-state index contributed by atoms with van der Waals surface area (Å²) in [5, 5.41) is 0. The van der Waals surface area contributed by atoms with Gasteiger partial charge in [0.25, 0.3) is 0 Å². The van der Waals surface area contributed by atoms with Crippen LogP contribution in [0.4, 0.5) is 0 Å². The summed E-state index contributed by atoms with van der Waals surface area (Å²) in [6, 6.07) is 6.27. The van der Waals surface area contributed by atoms with E-state index in [4.69, 9.17) is 0 Å². The summed E-state index contributed by atoms with van der Waals surface area (Å²) in [5.74, 6) is 0.249. The Hall–Kier alpha value is -1.37. The van der Waals surface area contributed by atoms with Gasteiger partial charge in [0.15, 0.2) is 5.78 Å². The van der Waals surface area contributed by atoms with E-state index in [9.17, 15) is 4.79 Å². The molecule has 0 unspecified atom stereocenters. The summed E-state index contributed by atoms with van der Waals surface area (Å²) in [6.45, 7) is 8.07. The minimum Gasteiger partial charge on any atom is -0.294 e. The first kappa shape index (κ1) is 12.7. The average molecular weight is 216 g/mol. The van der Waals surface area contributed by atoms with Crippen LogP contribution in [0.5, 0.6) is 0 Å². The highest BCUT2D eigenvalue weighted by Crippen LogP contribution is 2.14. The molecule has 0 N–H and O–H groups in total. The number of ketones is 1. The van der Waals surface area contributed by atoms with Gasteiger partial charge in [0.1, 0.15) is 0 Å². The molecule has 1 nitrogen and oxygen atoms in total. The molecule has 0 bridgehead atoms. The van der Waals surface area contributed by atoms with Crippen molar-refractivity contribution in [2.24, 2.45) is 0 Å². The van der Waals surface area contributed by atoms with Gasteiger partial charge in [-0.05, 0) is 43.9 Å². The number of Topliss-reactive ketones (excluding diaryl/α,β-unsaturated/α-hetero) is 1. The molecule has 0 aliphatic carbocycles. The molecule has 0 heterocycles. The molecule has 16 heavy (non-hydrogen) atoms. The van der Waals surface area contributed by atoms with Crippen molar-refractivity contribution in [1.82, 2.24) is 0 Å². The molecular weight excluding hydrogens is 196 g/mol. The molecule has 0 radical (unpaired) electrons. The molecule has 0 aliphatic rings. The molecule has 0 atom stereocenters. The third kappa shape index (κ3) is 3.06. The van der Waals surface area contributed by atoms with Crippen LogP contribution in [-0.2, 0) is 11.2 Å². The van der Waals surface area contributed by atoms with Gasteiger partial charge in [0.05, 0.1) is 0 Å². The van der Waals surface area contributed by atoms with E-state index in [0.717, 1.165) is 17.6 Å². The van der Waals surface area contributed by atoms with Crippen LogP contribution in [0.1, 0.15) is 37.0 Å². The normalized spacial score (nSPS) is 11.6. The molecule has 1 aromatic rings. The number of carbonyl (C=O) groups excluding carboxylic acids is 1. The van der Waals surface area contributed by atoms with Crippen molar-refractivity contribution < 1.29 is 4.79 Å². The zero-order valence-corrected chi connectivity index (χ0v) is 10.6. The van der Waals surface area contributed by atoms with Crippen LogP contribution in [0.2, 0.25) is 0 Å². The fourth-order valence-electron chi connectivity index (χ4n) is 1.84. The molecule has 1 heteroatoms. The second-order valence-corrected chi connectivity index (χ2v) is 4.20. The summed E-state index contributed by atoms with van der Waals surface area (Å²) in [5.41, 5.74) is 4.50. The highest BCUT2D eigenvalue weighted by molar-refractivity contribution is 5.96. The number of carbonyl (C=O) groups is 1. The lowest BCUT2D eigenvalue weighted by Gasteiger charge is -2.07. The fraction of sp³-hybridized carbons (Fsp3) is 0.400. The molecule has 0 aromatic heterocycles. The Kier molecular flexibility index (Phi) is 4.48. The van der Waals surface area contributed by atoms with Crippen LogP contribution < -0.4 is 0 Å². The van der Waals surface area contributed by atoms with Crippen molar-refractivity contribution in [3.8, 4) is 0 Å². The third-order valence-corrected chi connectivity index (χ3v) is 2.94. The standard InChI is InChI=1S/C15H20O/c1-5-13(6-2)15(16)10-14-9-11(3)7-8-12(14)4/h5,7-9H,6,10H2,1-4H3/b13-5-. The number of hydrogen-bond donors (Lipinski definition) is 0. The topological polar surface area (TPSA) is 17.1 Å². The smallest absolute Gasteiger partial charge is 0.162 e. The van der Waals surface area contributed by atoms with Crippen LogP contribution in [0.25, 0.3) is 0 Å². The van der Waals surface area contributed by atoms with Crippen LogP contribution in [-0.4, -0.2) is 5.78 Å². The number of aryl methyl sites for hydroxylation is 2. The van der Waals surface area contributed by atoms with Crippen molar-refractivity contribution in [1.29, 1.82) is 0 Å². The molecule has 1 aromatic carbocycles. The summed E-state index contributed by atoms with van der Waals surface area (Å²) in [6.07, 6.45) is 3.27. The Balaban J connectivity index is 2.88. The van der Waals surface area contributed by atoms with E-state index < -0.39 is 0 Å². The van der Waals surface area contributed by atoms with Gasteiger partial charge in [-0.1, -0.05) is 36.8 Å². The van der Waals surface area contributed by atoms with Crippen LogP contribution in [0, 0.1) is 13.8 Å². The van der Waals surface area contributed by atoms with E-state index in [0.29, 0.717) is 6.42 Å². The van der Waals surface area contributed by atoms with Gasteiger partial charge in [-0.3, -0.25) is 4.79 Å². The van der Waals surface area contributed by atoms with Crippen molar-refractivity contribution in [3.05, 3.63) is 46.5 Å². The van der Waals surface area contributed by atoms with E-state index in [1.165, 1.54) is 11.1 Å². The van der Waals surface area contributed by atoms with Gasteiger partial charge in [-0.15, -0.1) is 0 Å². The van der Waals surface area contributed by atoms with E-state index in [1.807, 2.05) is 19.9 Å². The number of benzene rings is 1. The molecule has 0 amide bonds. The predicted octanol–water partition coefficient (Wildman–Crippen LogP) is 3.77. The second kappa shape index (κ2) is 5.64. The Morgan fingerprint density at radius 3 is 2.56 bits per heavy atom.